The maximum Gasteiger partial charge on any atom is 0.342 e. The number of esters is 1. The third-order valence-corrected chi connectivity index (χ3v) is 5.85. The Morgan fingerprint density at radius 3 is 2.59 bits per heavy atom. The highest BCUT2D eigenvalue weighted by atomic mass is 19.1. The molecule has 0 bridgehead atoms. The van der Waals surface area contributed by atoms with Crippen molar-refractivity contribution in [3.05, 3.63) is 64.7 Å². The van der Waals surface area contributed by atoms with Crippen LogP contribution in [0.5, 0.6) is 5.88 Å². The minimum absolute atomic E-state index is 0.221. The second-order valence-corrected chi connectivity index (χ2v) is 9.40. The number of nitrogens with one attached hydrogen (secondary N) is 1. The average Bonchev–Trinajstić information content (AvgIpc) is 3.11. The molecule has 0 fully saturated rings. The summed E-state index contributed by atoms with van der Waals surface area (Å²) in [5, 5.41) is 0. The van der Waals surface area contributed by atoms with Crippen LogP contribution in [0.25, 0.3) is 16.6 Å². The van der Waals surface area contributed by atoms with Gasteiger partial charge in [-0.25, -0.2) is 14.2 Å². The highest BCUT2D eigenvalue weighted by molar-refractivity contribution is 6.18. The van der Waals surface area contributed by atoms with Gasteiger partial charge in [0.15, 0.2) is 0 Å². The largest absolute Gasteiger partial charge is 0.481 e. The number of aryl methyl sites for hydroxylation is 1. The molecule has 7 nitrogen and oxygen atoms in total. The lowest BCUT2D eigenvalue weighted by molar-refractivity contribution is -0.140. The first-order valence-electron chi connectivity index (χ1n) is 11.1. The van der Waals surface area contributed by atoms with Crippen molar-refractivity contribution in [2.24, 2.45) is 0 Å². The van der Waals surface area contributed by atoms with Gasteiger partial charge in [-0.1, -0.05) is 13.8 Å². The summed E-state index contributed by atoms with van der Waals surface area (Å²) in [6.45, 7) is 9.38. The Balaban J connectivity index is 1.91. The van der Waals surface area contributed by atoms with Gasteiger partial charge in [0.1, 0.15) is 5.82 Å². The van der Waals surface area contributed by atoms with E-state index < -0.39 is 11.4 Å². The molecule has 0 aliphatic carbocycles. The highest BCUT2D eigenvalue weighted by Crippen LogP contribution is 2.40. The fourth-order valence-corrected chi connectivity index (χ4v) is 4.30. The molecule has 1 aliphatic rings. The summed E-state index contributed by atoms with van der Waals surface area (Å²) in [7, 11) is 1.54. The molecule has 0 atom stereocenters. The van der Waals surface area contributed by atoms with Gasteiger partial charge in [0, 0.05) is 35.4 Å². The van der Waals surface area contributed by atoms with Crippen molar-refractivity contribution in [2.75, 3.05) is 13.7 Å². The maximum absolute atomic E-state index is 13.8. The smallest absolute Gasteiger partial charge is 0.342 e. The monoisotopic (exact) mass is 465 g/mol. The molecule has 0 saturated carbocycles. The minimum atomic E-state index is -0.603. The van der Waals surface area contributed by atoms with E-state index in [1.54, 1.807) is 33.9 Å². The minimum Gasteiger partial charge on any atom is -0.481 e. The van der Waals surface area contributed by atoms with E-state index in [9.17, 15) is 14.0 Å². The second kappa shape index (κ2) is 8.59. The molecule has 3 heterocycles. The molecular formula is C26H28FN3O4. The fourth-order valence-electron chi connectivity index (χ4n) is 4.30. The van der Waals surface area contributed by atoms with E-state index in [2.05, 4.69) is 9.97 Å². The standard InChI is InChI=1S/C26H28FN3O4/c1-14(2)34-25(32)17-12-30(24(31)16-7-8-18(27)15(3)11-16)13-26(4,5)21-22(17)28-19-9-10-20(33-6)29-23(19)21/h7-12,14,28H,13H2,1-6H3. The topological polar surface area (TPSA) is 84.5 Å². The Hall–Kier alpha value is -3.68. The van der Waals surface area contributed by atoms with Gasteiger partial charge in [-0.15, -0.1) is 0 Å². The molecule has 0 saturated heterocycles. The number of carbonyl (C=O) groups is 2. The molecule has 4 rings (SSSR count). The predicted octanol–water partition coefficient (Wildman–Crippen LogP) is 4.75. The lowest BCUT2D eigenvalue weighted by Crippen LogP contribution is -2.37. The van der Waals surface area contributed by atoms with Gasteiger partial charge < -0.3 is 19.4 Å². The van der Waals surface area contributed by atoms with Crippen molar-refractivity contribution in [3.63, 3.8) is 0 Å². The number of rotatable bonds is 4. The maximum atomic E-state index is 13.8. The van der Waals surface area contributed by atoms with Gasteiger partial charge in [0.25, 0.3) is 5.91 Å². The van der Waals surface area contributed by atoms with Crippen LogP contribution in [0, 0.1) is 12.7 Å². The third kappa shape index (κ3) is 4.16. The number of pyridine rings is 1. The Morgan fingerprint density at radius 2 is 1.94 bits per heavy atom. The van der Waals surface area contributed by atoms with Gasteiger partial charge in [0.05, 0.1) is 35.5 Å². The van der Waals surface area contributed by atoms with Gasteiger partial charge in [-0.2, -0.15) is 0 Å². The number of hydrogen-bond acceptors (Lipinski definition) is 5. The van der Waals surface area contributed by atoms with E-state index in [0.717, 1.165) is 11.1 Å². The number of hydrogen-bond donors (Lipinski definition) is 1. The van der Waals surface area contributed by atoms with E-state index in [0.29, 0.717) is 28.2 Å². The first kappa shape index (κ1) is 23.5. The van der Waals surface area contributed by atoms with Crippen molar-refractivity contribution in [3.8, 4) is 5.88 Å². The van der Waals surface area contributed by atoms with Crippen LogP contribution < -0.4 is 4.74 Å². The van der Waals surface area contributed by atoms with Gasteiger partial charge in [0.2, 0.25) is 5.88 Å². The molecule has 1 N–H and O–H groups in total. The number of aromatic nitrogens is 2. The van der Waals surface area contributed by atoms with Crippen LogP contribution in [0.1, 0.15) is 54.9 Å². The number of halogens is 1. The first-order valence-corrected chi connectivity index (χ1v) is 11.1. The van der Waals surface area contributed by atoms with Crippen LogP contribution in [0.2, 0.25) is 0 Å². The molecule has 0 radical (unpaired) electrons. The van der Waals surface area contributed by atoms with Crippen LogP contribution in [0.3, 0.4) is 0 Å². The summed E-state index contributed by atoms with van der Waals surface area (Å²) in [5.74, 6) is -0.836. The van der Waals surface area contributed by atoms with Crippen LogP contribution in [-0.2, 0) is 14.9 Å². The van der Waals surface area contributed by atoms with Crippen LogP contribution in [0.4, 0.5) is 4.39 Å². The zero-order valence-corrected chi connectivity index (χ0v) is 20.2. The predicted molar refractivity (Wildman–Crippen MR) is 127 cm³/mol. The molecule has 178 valence electrons. The van der Waals surface area contributed by atoms with Gasteiger partial charge >= 0.3 is 5.97 Å². The molecule has 8 heteroatoms. The average molecular weight is 466 g/mol. The molecule has 1 aliphatic heterocycles. The number of ether oxygens (including phenoxy) is 2. The van der Waals surface area contributed by atoms with Crippen LogP contribution in [0.15, 0.2) is 36.5 Å². The normalized spacial score (nSPS) is 15.1. The summed E-state index contributed by atoms with van der Waals surface area (Å²) in [4.78, 5) is 36.1. The molecule has 0 unspecified atom stereocenters. The Kier molecular flexibility index (Phi) is 5.93. The number of nitrogens with zero attached hydrogens (tertiary/aromatic N) is 2. The summed E-state index contributed by atoms with van der Waals surface area (Å²) in [5.41, 5.74) is 3.07. The van der Waals surface area contributed by atoms with Crippen molar-refractivity contribution >= 4 is 28.5 Å². The number of H-pyrrole nitrogens is 1. The Labute approximate surface area is 197 Å². The van der Waals surface area contributed by atoms with Crippen molar-refractivity contribution in [2.45, 2.75) is 46.1 Å². The van der Waals surface area contributed by atoms with Crippen LogP contribution in [-0.4, -0.2) is 46.5 Å². The van der Waals surface area contributed by atoms with Crippen LogP contribution >= 0.6 is 0 Å². The molecule has 1 amide bonds. The summed E-state index contributed by atoms with van der Waals surface area (Å²) in [6, 6.07) is 7.82. The molecular weight excluding hydrogens is 437 g/mol. The molecule has 0 spiro atoms. The van der Waals surface area contributed by atoms with Crippen molar-refractivity contribution in [1.29, 1.82) is 0 Å². The van der Waals surface area contributed by atoms with E-state index >= 15 is 0 Å². The number of amides is 1. The first-order chi connectivity index (χ1) is 16.0. The number of methoxy groups -OCH3 is 1. The summed E-state index contributed by atoms with van der Waals surface area (Å²) in [6.07, 6.45) is 1.17. The lowest BCUT2D eigenvalue weighted by atomic mass is 9.83. The van der Waals surface area contributed by atoms with E-state index in [-0.39, 0.29) is 29.9 Å². The zero-order chi connectivity index (χ0) is 24.8. The fraction of sp³-hybridized carbons (Fsp3) is 0.346. The SMILES string of the molecule is COc1ccc2[nH]c3c(c2n1)C(C)(C)CN(C(=O)c1ccc(F)c(C)c1)C=C3C(=O)OC(C)C. The second-order valence-electron chi connectivity index (χ2n) is 9.40. The molecule has 3 aromatic rings. The summed E-state index contributed by atoms with van der Waals surface area (Å²) < 4.78 is 24.7. The highest BCUT2D eigenvalue weighted by Gasteiger charge is 2.38. The number of fused-ring (bicyclic) bond motifs is 3. The van der Waals surface area contributed by atoms with E-state index in [4.69, 9.17) is 9.47 Å². The Morgan fingerprint density at radius 1 is 1.21 bits per heavy atom. The zero-order valence-electron chi connectivity index (χ0n) is 20.2. The molecule has 2 aromatic heterocycles. The lowest BCUT2D eigenvalue weighted by Gasteiger charge is -2.29. The van der Waals surface area contributed by atoms with Crippen molar-refractivity contribution in [1.82, 2.24) is 14.9 Å². The number of aromatic amines is 1. The Bertz CT molecular complexity index is 1320. The number of benzene rings is 1. The molecule has 34 heavy (non-hydrogen) atoms. The number of carbonyl (C=O) groups excluding carboxylic acids is 2. The van der Waals surface area contributed by atoms with E-state index in [1.807, 2.05) is 19.9 Å². The van der Waals surface area contributed by atoms with Gasteiger partial charge in [-0.3, -0.25) is 4.79 Å². The van der Waals surface area contributed by atoms with E-state index in [1.165, 1.54) is 29.3 Å². The summed E-state index contributed by atoms with van der Waals surface area (Å²) >= 11 is 0. The third-order valence-electron chi connectivity index (χ3n) is 5.85. The molecule has 1 aromatic carbocycles. The van der Waals surface area contributed by atoms with Gasteiger partial charge in [-0.05, 0) is 50.6 Å². The quantitative estimate of drug-likeness (QED) is 0.563. The van der Waals surface area contributed by atoms with Crippen molar-refractivity contribution < 1.29 is 23.5 Å².